The van der Waals surface area contributed by atoms with E-state index in [-0.39, 0.29) is 12.4 Å². The molecule has 7 nitrogen and oxygen atoms in total. The van der Waals surface area contributed by atoms with Crippen molar-refractivity contribution in [3.63, 3.8) is 0 Å². The van der Waals surface area contributed by atoms with E-state index in [1.807, 2.05) is 25.1 Å². The third-order valence-corrected chi connectivity index (χ3v) is 5.49. The van der Waals surface area contributed by atoms with Crippen LogP contribution in [0.5, 0.6) is 11.5 Å². The van der Waals surface area contributed by atoms with E-state index in [9.17, 15) is 9.59 Å². The van der Waals surface area contributed by atoms with Gasteiger partial charge in [-0.25, -0.2) is 4.79 Å². The summed E-state index contributed by atoms with van der Waals surface area (Å²) in [5, 5.41) is 0. The Labute approximate surface area is 177 Å². The van der Waals surface area contributed by atoms with Gasteiger partial charge in [0, 0.05) is 30.9 Å². The molecule has 1 aromatic rings. The number of hydrogen-bond acceptors (Lipinski definition) is 7. The highest BCUT2D eigenvalue weighted by atomic mass is 16.6. The largest absolute Gasteiger partial charge is 0.493 e. The lowest BCUT2D eigenvalue weighted by atomic mass is 9.69. The molecular formula is C23H29NO6. The number of benzene rings is 1. The molecule has 1 aliphatic carbocycles. The van der Waals surface area contributed by atoms with Crippen LogP contribution in [0.15, 0.2) is 34.5 Å². The number of fused-ring (bicyclic) bond motifs is 1. The molecule has 1 aromatic carbocycles. The topological polar surface area (TPSA) is 83.4 Å². The lowest BCUT2D eigenvalue weighted by Gasteiger charge is -2.35. The van der Waals surface area contributed by atoms with E-state index in [1.165, 1.54) is 0 Å². The van der Waals surface area contributed by atoms with Crippen molar-refractivity contribution in [3.05, 3.63) is 35.0 Å². The highest BCUT2D eigenvalue weighted by Gasteiger charge is 2.44. The van der Waals surface area contributed by atoms with Crippen LogP contribution in [0.4, 0.5) is 0 Å². The number of carbonyl (C=O) groups excluding carboxylic acids is 2. The number of ether oxygens (including phenoxy) is 4. The second-order valence-electron chi connectivity index (χ2n) is 7.35. The van der Waals surface area contributed by atoms with Crippen molar-refractivity contribution in [3.8, 4) is 11.5 Å². The van der Waals surface area contributed by atoms with Crippen molar-refractivity contribution in [2.24, 2.45) is 10.9 Å². The predicted molar refractivity (Wildman–Crippen MR) is 112 cm³/mol. The van der Waals surface area contributed by atoms with Gasteiger partial charge in [-0.1, -0.05) is 6.07 Å². The molecule has 0 bridgehead atoms. The lowest BCUT2D eigenvalue weighted by Crippen LogP contribution is -2.39. The Morgan fingerprint density at radius 3 is 2.63 bits per heavy atom. The molecule has 0 amide bonds. The summed E-state index contributed by atoms with van der Waals surface area (Å²) in [5.74, 6) is -0.115. The Hall–Kier alpha value is -2.67. The first-order chi connectivity index (χ1) is 14.5. The van der Waals surface area contributed by atoms with Gasteiger partial charge in [0.15, 0.2) is 11.5 Å². The first-order valence-corrected chi connectivity index (χ1v) is 10.3. The molecule has 1 heterocycles. The summed E-state index contributed by atoms with van der Waals surface area (Å²) in [6.07, 6.45) is 2.03. The Bertz CT molecular complexity index is 872. The minimum Gasteiger partial charge on any atom is -0.493 e. The van der Waals surface area contributed by atoms with Gasteiger partial charge in [-0.15, -0.1) is 0 Å². The number of rotatable bonds is 8. The number of aliphatic imine (C=N–C) groups is 1. The van der Waals surface area contributed by atoms with Gasteiger partial charge in [-0.3, -0.25) is 9.79 Å². The van der Waals surface area contributed by atoms with Gasteiger partial charge in [0.05, 0.1) is 31.8 Å². The average molecular weight is 415 g/mol. The van der Waals surface area contributed by atoms with E-state index in [4.69, 9.17) is 18.9 Å². The SMILES string of the molecule is CCOc1ccc([C@H]2C(C(=O)OCCOC)=C(C)N=C3CCCC(=O)C32)cc1OC. The third kappa shape index (κ3) is 4.41. The van der Waals surface area contributed by atoms with Crippen LogP contribution in [0, 0.1) is 5.92 Å². The van der Waals surface area contributed by atoms with E-state index in [0.29, 0.717) is 42.4 Å². The summed E-state index contributed by atoms with van der Waals surface area (Å²) in [5.41, 5.74) is 2.66. The summed E-state index contributed by atoms with van der Waals surface area (Å²) in [7, 11) is 3.12. The number of esters is 1. The predicted octanol–water partition coefficient (Wildman–Crippen LogP) is 3.46. The van der Waals surface area contributed by atoms with Crippen molar-refractivity contribution < 1.29 is 28.5 Å². The standard InChI is InChI=1S/C23H29NO6/c1-5-29-18-10-9-15(13-19(18)28-4)21-20(23(26)30-12-11-27-3)14(2)24-16-7-6-8-17(25)22(16)21/h9-10,13,21-22H,5-8,11-12H2,1-4H3/t21-,22?/m0/s1. The van der Waals surface area contributed by atoms with Crippen molar-refractivity contribution >= 4 is 17.5 Å². The summed E-state index contributed by atoms with van der Waals surface area (Å²) >= 11 is 0. The molecule has 0 spiro atoms. The zero-order chi connectivity index (χ0) is 21.7. The van der Waals surface area contributed by atoms with Gasteiger partial charge in [-0.05, 0) is 44.4 Å². The first-order valence-electron chi connectivity index (χ1n) is 10.3. The molecule has 1 saturated carbocycles. The maximum absolute atomic E-state index is 13.0. The number of hydrogen-bond donors (Lipinski definition) is 0. The molecule has 3 rings (SSSR count). The fourth-order valence-electron chi connectivity index (χ4n) is 4.19. The van der Waals surface area contributed by atoms with Crippen LogP contribution in [-0.2, 0) is 19.1 Å². The van der Waals surface area contributed by atoms with Crippen LogP contribution in [0.2, 0.25) is 0 Å². The molecule has 0 radical (unpaired) electrons. The minimum atomic E-state index is -0.469. The Kier molecular flexibility index (Phi) is 7.26. The maximum Gasteiger partial charge on any atom is 0.336 e. The molecule has 2 aliphatic rings. The van der Waals surface area contributed by atoms with Crippen LogP contribution >= 0.6 is 0 Å². The molecule has 0 saturated heterocycles. The molecule has 1 unspecified atom stereocenters. The van der Waals surface area contributed by atoms with Crippen LogP contribution in [0.25, 0.3) is 0 Å². The molecule has 1 aliphatic heterocycles. The fraction of sp³-hybridized carbons (Fsp3) is 0.522. The van der Waals surface area contributed by atoms with E-state index >= 15 is 0 Å². The second-order valence-corrected chi connectivity index (χ2v) is 7.35. The van der Waals surface area contributed by atoms with Crippen LogP contribution in [0.3, 0.4) is 0 Å². The van der Waals surface area contributed by atoms with Gasteiger partial charge in [0.25, 0.3) is 0 Å². The Morgan fingerprint density at radius 1 is 1.13 bits per heavy atom. The van der Waals surface area contributed by atoms with Crippen LogP contribution in [-0.4, -0.2) is 51.5 Å². The molecule has 2 atom stereocenters. The third-order valence-electron chi connectivity index (χ3n) is 5.49. The van der Waals surface area contributed by atoms with E-state index in [2.05, 4.69) is 4.99 Å². The van der Waals surface area contributed by atoms with Crippen molar-refractivity contribution in [1.29, 1.82) is 0 Å². The highest BCUT2D eigenvalue weighted by Crippen LogP contribution is 2.44. The minimum absolute atomic E-state index is 0.104. The molecule has 162 valence electrons. The smallest absolute Gasteiger partial charge is 0.336 e. The van der Waals surface area contributed by atoms with E-state index in [1.54, 1.807) is 21.1 Å². The maximum atomic E-state index is 13.0. The van der Waals surface area contributed by atoms with Gasteiger partial charge >= 0.3 is 5.97 Å². The Balaban J connectivity index is 2.07. The van der Waals surface area contributed by atoms with E-state index in [0.717, 1.165) is 24.1 Å². The van der Waals surface area contributed by atoms with E-state index < -0.39 is 17.8 Å². The van der Waals surface area contributed by atoms with Gasteiger partial charge in [-0.2, -0.15) is 0 Å². The number of carbonyl (C=O) groups is 2. The van der Waals surface area contributed by atoms with Crippen molar-refractivity contribution in [2.75, 3.05) is 34.0 Å². The lowest BCUT2D eigenvalue weighted by molar-refractivity contribution is -0.140. The number of methoxy groups -OCH3 is 2. The zero-order valence-electron chi connectivity index (χ0n) is 18.0. The zero-order valence-corrected chi connectivity index (χ0v) is 18.0. The number of Topliss-reactive ketones (excluding diaryl/α,β-unsaturated/α-hetero) is 1. The van der Waals surface area contributed by atoms with Crippen molar-refractivity contribution in [1.82, 2.24) is 0 Å². The summed E-state index contributed by atoms with van der Waals surface area (Å²) < 4.78 is 21.5. The second kappa shape index (κ2) is 9.89. The summed E-state index contributed by atoms with van der Waals surface area (Å²) in [4.78, 5) is 30.6. The van der Waals surface area contributed by atoms with Crippen LogP contribution in [0.1, 0.15) is 44.6 Å². The molecule has 30 heavy (non-hydrogen) atoms. The fourth-order valence-corrected chi connectivity index (χ4v) is 4.19. The molecule has 0 aromatic heterocycles. The molecule has 7 heteroatoms. The number of nitrogens with zero attached hydrogens (tertiary/aromatic N) is 1. The normalized spacial score (nSPS) is 21.1. The highest BCUT2D eigenvalue weighted by molar-refractivity contribution is 6.11. The quantitative estimate of drug-likeness (QED) is 0.478. The number of ketones is 1. The first kappa shape index (κ1) is 22.0. The summed E-state index contributed by atoms with van der Waals surface area (Å²) in [6, 6.07) is 5.55. The van der Waals surface area contributed by atoms with Crippen molar-refractivity contribution in [2.45, 2.75) is 39.0 Å². The average Bonchev–Trinajstić information content (AvgIpc) is 2.73. The van der Waals surface area contributed by atoms with Gasteiger partial charge < -0.3 is 18.9 Å². The molecule has 0 N–H and O–H groups in total. The summed E-state index contributed by atoms with van der Waals surface area (Å²) in [6.45, 7) is 4.65. The number of allylic oxidation sites excluding steroid dienone is 1. The Morgan fingerprint density at radius 2 is 1.93 bits per heavy atom. The van der Waals surface area contributed by atoms with Gasteiger partial charge in [0.2, 0.25) is 0 Å². The van der Waals surface area contributed by atoms with Gasteiger partial charge in [0.1, 0.15) is 12.4 Å². The van der Waals surface area contributed by atoms with Crippen LogP contribution < -0.4 is 9.47 Å². The molecule has 1 fully saturated rings. The molecular weight excluding hydrogens is 386 g/mol. The monoisotopic (exact) mass is 415 g/mol.